The molecule has 128 valence electrons. The Labute approximate surface area is 137 Å². The second-order valence-corrected chi connectivity index (χ2v) is 6.64. The molecule has 2 heterocycles. The highest BCUT2D eigenvalue weighted by Gasteiger charge is 2.25. The number of rotatable bonds is 5. The average molecular weight is 321 g/mol. The molecule has 1 fully saturated rings. The van der Waals surface area contributed by atoms with E-state index in [-0.39, 0.29) is 23.9 Å². The van der Waals surface area contributed by atoms with Crippen LogP contribution in [0.25, 0.3) is 0 Å². The molecule has 2 rings (SSSR count). The lowest BCUT2D eigenvalue weighted by molar-refractivity contribution is -0.119. The van der Waals surface area contributed by atoms with Crippen molar-refractivity contribution in [1.29, 1.82) is 0 Å². The zero-order valence-corrected chi connectivity index (χ0v) is 14.2. The van der Waals surface area contributed by atoms with Crippen LogP contribution in [0.2, 0.25) is 0 Å². The number of hydrogen-bond donors (Lipinski definition) is 2. The van der Waals surface area contributed by atoms with Gasteiger partial charge in [0.25, 0.3) is 0 Å². The largest absolute Gasteiger partial charge is 0.370 e. The van der Waals surface area contributed by atoms with Crippen LogP contribution in [-0.4, -0.2) is 39.7 Å². The quantitative estimate of drug-likeness (QED) is 0.866. The van der Waals surface area contributed by atoms with Crippen molar-refractivity contribution in [2.75, 3.05) is 13.1 Å². The number of nitrogens with one attached hydrogen (secondary N) is 1. The number of likely N-dealkylation sites (tertiary alicyclic amines) is 1. The van der Waals surface area contributed by atoms with Crippen LogP contribution in [0.4, 0.5) is 4.79 Å². The predicted octanol–water partition coefficient (Wildman–Crippen LogP) is 1.82. The van der Waals surface area contributed by atoms with Crippen molar-refractivity contribution in [2.45, 2.75) is 52.1 Å². The number of nitrogens with two attached hydrogens (primary N) is 1. The minimum atomic E-state index is -0.299. The Hall–Kier alpha value is -2.05. The van der Waals surface area contributed by atoms with E-state index < -0.39 is 0 Å². The molecule has 1 aliphatic heterocycles. The van der Waals surface area contributed by atoms with Crippen LogP contribution in [0.3, 0.4) is 0 Å². The normalized spacial score (nSPS) is 19.7. The lowest BCUT2D eigenvalue weighted by Crippen LogP contribution is -2.46. The van der Waals surface area contributed by atoms with Crippen molar-refractivity contribution in [1.82, 2.24) is 20.0 Å². The fraction of sp³-hybridized carbons (Fsp3) is 0.688. The Bertz CT molecular complexity index is 554. The van der Waals surface area contributed by atoms with Crippen LogP contribution in [0.1, 0.15) is 57.7 Å². The van der Waals surface area contributed by atoms with Gasteiger partial charge in [-0.3, -0.25) is 9.48 Å². The third kappa shape index (κ3) is 4.71. The maximum absolute atomic E-state index is 12.4. The first-order chi connectivity index (χ1) is 10.9. The summed E-state index contributed by atoms with van der Waals surface area (Å²) in [6.45, 7) is 7.38. The standard InChI is InChI=1S/C16H27N5O2/c1-11(2)21-10-14(8-18-21)12(3)19-16(23)20-6-4-5-13(9-20)7-15(17)22/h8,10-13H,4-7,9H2,1-3H3,(H2,17,22)(H,19,23)/t12-,13-/m0/s1. The molecule has 0 saturated carbocycles. The average Bonchev–Trinajstić information content (AvgIpc) is 2.97. The highest BCUT2D eigenvalue weighted by Crippen LogP contribution is 2.20. The summed E-state index contributed by atoms with van der Waals surface area (Å²) >= 11 is 0. The summed E-state index contributed by atoms with van der Waals surface area (Å²) in [4.78, 5) is 25.3. The summed E-state index contributed by atoms with van der Waals surface area (Å²) in [5.41, 5.74) is 6.25. The molecule has 0 spiro atoms. The van der Waals surface area contributed by atoms with Crippen LogP contribution in [0.5, 0.6) is 0 Å². The number of hydrogen-bond acceptors (Lipinski definition) is 3. The van der Waals surface area contributed by atoms with Crippen molar-refractivity contribution < 1.29 is 9.59 Å². The van der Waals surface area contributed by atoms with Crippen molar-refractivity contribution in [3.63, 3.8) is 0 Å². The summed E-state index contributed by atoms with van der Waals surface area (Å²) in [6.07, 6.45) is 5.95. The van der Waals surface area contributed by atoms with Crippen LogP contribution < -0.4 is 11.1 Å². The zero-order valence-electron chi connectivity index (χ0n) is 14.2. The van der Waals surface area contributed by atoms with Crippen LogP contribution in [0.15, 0.2) is 12.4 Å². The van der Waals surface area contributed by atoms with Crippen molar-refractivity contribution in [3.8, 4) is 0 Å². The first-order valence-corrected chi connectivity index (χ1v) is 8.24. The first-order valence-electron chi connectivity index (χ1n) is 8.24. The minimum absolute atomic E-state index is 0.0935. The van der Waals surface area contributed by atoms with Gasteiger partial charge in [-0.05, 0) is 39.5 Å². The molecule has 2 atom stereocenters. The fourth-order valence-corrected chi connectivity index (χ4v) is 2.92. The van der Waals surface area contributed by atoms with Crippen LogP contribution >= 0.6 is 0 Å². The smallest absolute Gasteiger partial charge is 0.317 e. The van der Waals surface area contributed by atoms with E-state index in [1.54, 1.807) is 11.1 Å². The molecule has 0 bridgehead atoms. The first kappa shape index (κ1) is 17.3. The van der Waals surface area contributed by atoms with Gasteiger partial charge in [-0.1, -0.05) is 0 Å². The van der Waals surface area contributed by atoms with E-state index in [1.165, 1.54) is 0 Å². The van der Waals surface area contributed by atoms with Crippen molar-refractivity contribution >= 4 is 11.9 Å². The van der Waals surface area contributed by atoms with Crippen LogP contribution in [0, 0.1) is 5.92 Å². The zero-order chi connectivity index (χ0) is 17.0. The van der Waals surface area contributed by atoms with Gasteiger partial charge in [-0.15, -0.1) is 0 Å². The summed E-state index contributed by atoms with van der Waals surface area (Å²) in [5, 5.41) is 7.31. The monoisotopic (exact) mass is 321 g/mol. The minimum Gasteiger partial charge on any atom is -0.370 e. The SMILES string of the molecule is CC(C)n1cc([C@H](C)NC(=O)N2CCC[C@@H](CC(N)=O)C2)cn1. The van der Waals surface area contributed by atoms with Crippen LogP contribution in [-0.2, 0) is 4.79 Å². The van der Waals surface area contributed by atoms with Gasteiger partial charge >= 0.3 is 6.03 Å². The van der Waals surface area contributed by atoms with Gasteiger partial charge in [0.15, 0.2) is 0 Å². The molecule has 0 radical (unpaired) electrons. The predicted molar refractivity (Wildman–Crippen MR) is 87.7 cm³/mol. The van der Waals surface area contributed by atoms with Gasteiger partial charge in [-0.2, -0.15) is 5.10 Å². The lowest BCUT2D eigenvalue weighted by Gasteiger charge is -2.33. The Morgan fingerprint density at radius 3 is 2.78 bits per heavy atom. The molecular weight excluding hydrogens is 294 g/mol. The number of primary amides is 1. The maximum atomic E-state index is 12.4. The van der Waals surface area contributed by atoms with E-state index in [4.69, 9.17) is 5.73 Å². The Balaban J connectivity index is 1.90. The Morgan fingerprint density at radius 2 is 2.17 bits per heavy atom. The topological polar surface area (TPSA) is 93.3 Å². The molecule has 3 N–H and O–H groups in total. The lowest BCUT2D eigenvalue weighted by atomic mass is 9.95. The number of carbonyl (C=O) groups is 2. The van der Waals surface area contributed by atoms with E-state index in [2.05, 4.69) is 24.3 Å². The molecule has 7 nitrogen and oxygen atoms in total. The van der Waals surface area contributed by atoms with Crippen molar-refractivity contribution in [2.24, 2.45) is 11.7 Å². The fourth-order valence-electron chi connectivity index (χ4n) is 2.92. The molecule has 7 heteroatoms. The molecule has 0 aliphatic carbocycles. The van der Waals surface area contributed by atoms with E-state index >= 15 is 0 Å². The van der Waals surface area contributed by atoms with Crippen molar-refractivity contribution in [3.05, 3.63) is 18.0 Å². The highest BCUT2D eigenvalue weighted by atomic mass is 16.2. The molecular formula is C16H27N5O2. The van der Waals surface area contributed by atoms with Gasteiger partial charge in [0.2, 0.25) is 5.91 Å². The van der Waals surface area contributed by atoms with E-state index in [9.17, 15) is 9.59 Å². The molecule has 23 heavy (non-hydrogen) atoms. The summed E-state index contributed by atoms with van der Waals surface area (Å²) in [5.74, 6) is -0.127. The maximum Gasteiger partial charge on any atom is 0.317 e. The third-order valence-corrected chi connectivity index (χ3v) is 4.29. The molecule has 1 saturated heterocycles. The number of amides is 3. The van der Waals surface area contributed by atoms with E-state index in [0.29, 0.717) is 19.0 Å². The van der Waals surface area contributed by atoms with Gasteiger partial charge in [-0.25, -0.2) is 4.79 Å². The molecule has 0 unspecified atom stereocenters. The Morgan fingerprint density at radius 1 is 1.43 bits per heavy atom. The van der Waals surface area contributed by atoms with Gasteiger partial charge < -0.3 is 16.0 Å². The second kappa shape index (κ2) is 7.48. The number of urea groups is 1. The number of nitrogens with zero attached hydrogens (tertiary/aromatic N) is 3. The van der Waals surface area contributed by atoms with Gasteiger partial charge in [0, 0.05) is 37.3 Å². The second-order valence-electron chi connectivity index (χ2n) is 6.64. The summed E-state index contributed by atoms with van der Waals surface area (Å²) < 4.78 is 1.88. The summed E-state index contributed by atoms with van der Waals surface area (Å²) in [6, 6.07) is 0.0961. The van der Waals surface area contributed by atoms with Gasteiger partial charge in [0.05, 0.1) is 12.2 Å². The summed E-state index contributed by atoms with van der Waals surface area (Å²) in [7, 11) is 0. The number of carbonyl (C=O) groups excluding carboxylic acids is 2. The highest BCUT2D eigenvalue weighted by molar-refractivity contribution is 5.76. The molecule has 3 amide bonds. The molecule has 1 aromatic heterocycles. The Kier molecular flexibility index (Phi) is 5.63. The number of aromatic nitrogens is 2. The van der Waals surface area contributed by atoms with E-state index in [0.717, 1.165) is 24.9 Å². The third-order valence-electron chi connectivity index (χ3n) is 4.29. The molecule has 0 aromatic carbocycles. The van der Waals surface area contributed by atoms with E-state index in [1.807, 2.05) is 17.8 Å². The molecule has 1 aliphatic rings. The van der Waals surface area contributed by atoms with Gasteiger partial charge in [0.1, 0.15) is 0 Å². The molecule has 1 aromatic rings. The number of piperidine rings is 1.